The number of halogens is 1. The second-order valence-corrected chi connectivity index (χ2v) is 5.64. The van der Waals surface area contributed by atoms with Crippen LogP contribution in [0, 0.1) is 6.92 Å². The fourth-order valence-electron chi connectivity index (χ4n) is 1.39. The second-order valence-electron chi connectivity index (χ2n) is 3.17. The molecule has 0 aromatic carbocycles. The van der Waals surface area contributed by atoms with Crippen LogP contribution in [0.15, 0.2) is 15.9 Å². The van der Waals surface area contributed by atoms with E-state index in [1.807, 2.05) is 26.1 Å². The van der Waals surface area contributed by atoms with Crippen molar-refractivity contribution in [3.05, 3.63) is 27.4 Å². The van der Waals surface area contributed by atoms with Crippen molar-refractivity contribution in [1.29, 1.82) is 0 Å². The lowest BCUT2D eigenvalue weighted by Gasteiger charge is -1.96. The van der Waals surface area contributed by atoms with E-state index in [1.54, 1.807) is 15.9 Å². The molecule has 5 heteroatoms. The van der Waals surface area contributed by atoms with Gasteiger partial charge < -0.3 is 4.57 Å². The second kappa shape index (κ2) is 3.90. The van der Waals surface area contributed by atoms with Gasteiger partial charge in [-0.05, 0) is 35.0 Å². The monoisotopic (exact) mass is 284 g/mol. The molecule has 0 amide bonds. The minimum atomic E-state index is 0.627. The summed E-state index contributed by atoms with van der Waals surface area (Å²) >= 11 is 4.97. The van der Waals surface area contributed by atoms with Crippen molar-refractivity contribution in [2.24, 2.45) is 7.05 Å². The van der Waals surface area contributed by atoms with Crippen molar-refractivity contribution >= 4 is 33.6 Å². The van der Waals surface area contributed by atoms with Gasteiger partial charge in [-0.15, -0.1) is 11.3 Å². The first kappa shape index (κ1) is 10.6. The van der Waals surface area contributed by atoms with Crippen LogP contribution in [0.1, 0.15) is 16.3 Å². The Kier molecular flexibility index (Phi) is 2.75. The van der Waals surface area contributed by atoms with Gasteiger partial charge in [0, 0.05) is 7.05 Å². The Bertz CT molecular complexity index is 515. The molecule has 0 unspecified atom stereocenters. The van der Waals surface area contributed by atoms with Crippen LogP contribution in [0.25, 0.3) is 10.6 Å². The molecule has 2 aromatic heterocycles. The maximum absolute atomic E-state index is 11.0. The highest BCUT2D eigenvalue weighted by Gasteiger charge is 2.14. The lowest BCUT2D eigenvalue weighted by atomic mass is 10.3. The van der Waals surface area contributed by atoms with Gasteiger partial charge in [-0.25, -0.2) is 4.98 Å². The molecule has 78 valence electrons. The minimum Gasteiger partial charge on any atom is -0.329 e. The lowest BCUT2D eigenvalue weighted by Crippen LogP contribution is -1.96. The molecular weight excluding hydrogens is 276 g/mol. The molecule has 2 rings (SSSR count). The first-order valence-corrected chi connectivity index (χ1v) is 5.98. The summed E-state index contributed by atoms with van der Waals surface area (Å²) in [4.78, 5) is 16.4. The normalized spacial score (nSPS) is 10.6. The molecule has 0 fully saturated rings. The first-order valence-electron chi connectivity index (χ1n) is 4.37. The number of hydrogen-bond donors (Lipinski definition) is 0. The van der Waals surface area contributed by atoms with E-state index in [-0.39, 0.29) is 0 Å². The topological polar surface area (TPSA) is 34.9 Å². The standard InChI is InChI=1S/C10H9BrN2OS/c1-6-12-10(7(5-14)13(6)2)8-3-4-9(11)15-8/h3-5H,1-2H3. The zero-order valence-electron chi connectivity index (χ0n) is 8.32. The van der Waals surface area contributed by atoms with Crippen LogP contribution in [0.4, 0.5) is 0 Å². The fourth-order valence-corrected chi connectivity index (χ4v) is 2.77. The maximum atomic E-state index is 11.0. The highest BCUT2D eigenvalue weighted by Crippen LogP contribution is 2.32. The van der Waals surface area contributed by atoms with E-state index < -0.39 is 0 Å². The third kappa shape index (κ3) is 1.77. The molecule has 2 aromatic rings. The third-order valence-corrected chi connectivity index (χ3v) is 3.91. The van der Waals surface area contributed by atoms with Crippen LogP contribution in [-0.2, 0) is 7.05 Å². The number of carbonyl (C=O) groups excluding carboxylic acids is 1. The van der Waals surface area contributed by atoms with Crippen molar-refractivity contribution in [3.8, 4) is 10.6 Å². The quantitative estimate of drug-likeness (QED) is 0.795. The van der Waals surface area contributed by atoms with E-state index in [9.17, 15) is 4.79 Å². The summed E-state index contributed by atoms with van der Waals surface area (Å²) in [6, 6.07) is 3.92. The molecule has 0 saturated carbocycles. The summed E-state index contributed by atoms with van der Waals surface area (Å²) in [7, 11) is 1.85. The number of aldehydes is 1. The molecule has 0 bridgehead atoms. The number of aryl methyl sites for hydroxylation is 1. The molecule has 0 aliphatic carbocycles. The number of hydrogen-bond acceptors (Lipinski definition) is 3. The van der Waals surface area contributed by atoms with Crippen molar-refractivity contribution in [2.45, 2.75) is 6.92 Å². The Morgan fingerprint density at radius 3 is 2.80 bits per heavy atom. The highest BCUT2D eigenvalue weighted by atomic mass is 79.9. The largest absolute Gasteiger partial charge is 0.329 e. The van der Waals surface area contributed by atoms with Gasteiger partial charge in [-0.3, -0.25) is 4.79 Å². The van der Waals surface area contributed by atoms with Gasteiger partial charge in [-0.1, -0.05) is 0 Å². The van der Waals surface area contributed by atoms with Crippen LogP contribution in [0.2, 0.25) is 0 Å². The van der Waals surface area contributed by atoms with E-state index >= 15 is 0 Å². The molecule has 0 N–H and O–H groups in total. The van der Waals surface area contributed by atoms with Crippen molar-refractivity contribution in [1.82, 2.24) is 9.55 Å². The number of nitrogens with zero attached hydrogens (tertiary/aromatic N) is 2. The van der Waals surface area contributed by atoms with Gasteiger partial charge in [0.25, 0.3) is 0 Å². The average Bonchev–Trinajstić information content (AvgIpc) is 2.73. The van der Waals surface area contributed by atoms with E-state index in [0.717, 1.165) is 26.5 Å². The molecule has 2 heterocycles. The zero-order valence-corrected chi connectivity index (χ0v) is 10.7. The summed E-state index contributed by atoms with van der Waals surface area (Å²) in [5, 5.41) is 0. The Hall–Kier alpha value is -0.940. The molecule has 0 spiro atoms. The number of carbonyl (C=O) groups is 1. The zero-order chi connectivity index (χ0) is 11.0. The first-order chi connectivity index (χ1) is 7.13. The van der Waals surface area contributed by atoms with Gasteiger partial charge in [0.05, 0.1) is 8.66 Å². The molecular formula is C10H9BrN2OS. The molecule has 0 aliphatic rings. The van der Waals surface area contributed by atoms with Crippen LogP contribution in [-0.4, -0.2) is 15.8 Å². The predicted molar refractivity (Wildman–Crippen MR) is 64.3 cm³/mol. The van der Waals surface area contributed by atoms with Crippen LogP contribution < -0.4 is 0 Å². The van der Waals surface area contributed by atoms with Gasteiger partial charge in [0.1, 0.15) is 17.2 Å². The number of thiophene rings is 1. The van der Waals surface area contributed by atoms with E-state index in [1.165, 1.54) is 0 Å². The van der Waals surface area contributed by atoms with Crippen molar-refractivity contribution in [3.63, 3.8) is 0 Å². The van der Waals surface area contributed by atoms with E-state index in [0.29, 0.717) is 5.69 Å². The van der Waals surface area contributed by atoms with Gasteiger partial charge in [0.2, 0.25) is 0 Å². The summed E-state index contributed by atoms with van der Waals surface area (Å²) in [5.74, 6) is 0.844. The number of rotatable bonds is 2. The fraction of sp³-hybridized carbons (Fsp3) is 0.200. The molecule has 0 saturated heterocycles. The Morgan fingerprint density at radius 2 is 2.27 bits per heavy atom. The van der Waals surface area contributed by atoms with Gasteiger partial charge in [0.15, 0.2) is 6.29 Å². The number of aromatic nitrogens is 2. The van der Waals surface area contributed by atoms with E-state index in [2.05, 4.69) is 20.9 Å². The van der Waals surface area contributed by atoms with Crippen molar-refractivity contribution in [2.75, 3.05) is 0 Å². The molecule has 15 heavy (non-hydrogen) atoms. The van der Waals surface area contributed by atoms with Crippen LogP contribution in [0.3, 0.4) is 0 Å². The van der Waals surface area contributed by atoms with E-state index in [4.69, 9.17) is 0 Å². The van der Waals surface area contributed by atoms with Gasteiger partial charge >= 0.3 is 0 Å². The van der Waals surface area contributed by atoms with Crippen LogP contribution >= 0.6 is 27.3 Å². The van der Waals surface area contributed by atoms with Crippen molar-refractivity contribution < 1.29 is 4.79 Å². The smallest absolute Gasteiger partial charge is 0.168 e. The Morgan fingerprint density at radius 1 is 1.53 bits per heavy atom. The van der Waals surface area contributed by atoms with Crippen LogP contribution in [0.5, 0.6) is 0 Å². The molecule has 0 aliphatic heterocycles. The third-order valence-electron chi connectivity index (χ3n) is 2.28. The summed E-state index contributed by atoms with van der Waals surface area (Å²) in [6.07, 6.45) is 0.850. The number of imidazole rings is 1. The Labute approximate surface area is 99.9 Å². The summed E-state index contributed by atoms with van der Waals surface area (Å²) in [6.45, 7) is 1.89. The molecule has 0 radical (unpaired) electrons. The Balaban J connectivity index is 2.62. The predicted octanol–water partition coefficient (Wildman–Crippen LogP) is 3.03. The SMILES string of the molecule is Cc1nc(-c2ccc(Br)s2)c(C=O)n1C. The summed E-state index contributed by atoms with van der Waals surface area (Å²) < 4.78 is 2.84. The highest BCUT2D eigenvalue weighted by molar-refractivity contribution is 9.11. The average molecular weight is 285 g/mol. The maximum Gasteiger partial charge on any atom is 0.168 e. The summed E-state index contributed by atoms with van der Waals surface area (Å²) in [5.41, 5.74) is 1.39. The molecule has 0 atom stereocenters. The van der Waals surface area contributed by atoms with Gasteiger partial charge in [-0.2, -0.15) is 0 Å². The minimum absolute atomic E-state index is 0.627. The molecule has 3 nitrogen and oxygen atoms in total. The lowest BCUT2D eigenvalue weighted by molar-refractivity contribution is 0.111.